The molecule has 0 aromatic carbocycles. The van der Waals surface area contributed by atoms with Crippen LogP contribution in [0.1, 0.15) is 38.5 Å². The van der Waals surface area contributed by atoms with E-state index in [4.69, 9.17) is 0 Å². The Morgan fingerprint density at radius 3 is 1.58 bits per heavy atom. The van der Waals surface area contributed by atoms with Gasteiger partial charge in [-0.1, -0.05) is 25.7 Å². The molecule has 0 bridgehead atoms. The summed E-state index contributed by atoms with van der Waals surface area (Å²) in [5.41, 5.74) is 0. The third-order valence-corrected chi connectivity index (χ3v) is 2.85. The Balaban J connectivity index is 0.000000720. The van der Waals surface area contributed by atoms with Crippen molar-refractivity contribution in [1.82, 2.24) is 5.32 Å². The van der Waals surface area contributed by atoms with E-state index in [9.17, 15) is 0 Å². The molecule has 0 radical (unpaired) electrons. The lowest BCUT2D eigenvalue weighted by atomic mass is 10.2. The molecule has 0 spiro atoms. The van der Waals surface area contributed by atoms with Gasteiger partial charge >= 0.3 is 0 Å². The van der Waals surface area contributed by atoms with Gasteiger partial charge in [-0.05, 0) is 37.8 Å². The van der Waals surface area contributed by atoms with Crippen LogP contribution in [-0.2, 0) is 0 Å². The second-order valence-electron chi connectivity index (χ2n) is 4.21. The highest BCUT2D eigenvalue weighted by molar-refractivity contribution is 5.85. The smallest absolute Gasteiger partial charge is 0.00463 e. The number of hydrogen-bond donors (Lipinski definition) is 1. The largest absolute Gasteiger partial charge is 0.317 e. The van der Waals surface area contributed by atoms with Crippen molar-refractivity contribution in [2.75, 3.05) is 13.1 Å². The zero-order valence-corrected chi connectivity index (χ0v) is 8.54. The molecule has 2 heteroatoms. The first-order valence-corrected chi connectivity index (χ1v) is 5.16. The topological polar surface area (TPSA) is 12.0 Å². The minimum Gasteiger partial charge on any atom is -0.317 e. The summed E-state index contributed by atoms with van der Waals surface area (Å²) in [6.45, 7) is 2.55. The molecule has 0 aromatic heterocycles. The first-order chi connectivity index (χ1) is 5.45. The van der Waals surface area contributed by atoms with Crippen LogP contribution in [-0.4, -0.2) is 13.1 Å². The van der Waals surface area contributed by atoms with E-state index < -0.39 is 0 Å². The SMILES string of the molecule is C(CC1CC1)NCCC1CC1.Cl. The van der Waals surface area contributed by atoms with E-state index >= 15 is 0 Å². The molecule has 0 atom stereocenters. The zero-order chi connectivity index (χ0) is 7.52. The van der Waals surface area contributed by atoms with Gasteiger partial charge in [0.15, 0.2) is 0 Å². The van der Waals surface area contributed by atoms with Crippen molar-refractivity contribution in [3.63, 3.8) is 0 Å². The van der Waals surface area contributed by atoms with Crippen molar-refractivity contribution < 1.29 is 0 Å². The Bertz CT molecular complexity index is 105. The summed E-state index contributed by atoms with van der Waals surface area (Å²) in [5.74, 6) is 2.20. The molecule has 0 heterocycles. The maximum absolute atomic E-state index is 3.53. The molecule has 0 aromatic rings. The monoisotopic (exact) mass is 189 g/mol. The first kappa shape index (κ1) is 10.3. The molecule has 2 aliphatic rings. The highest BCUT2D eigenvalue weighted by atomic mass is 35.5. The number of nitrogens with one attached hydrogen (secondary N) is 1. The minimum atomic E-state index is 0. The highest BCUT2D eigenvalue weighted by Crippen LogP contribution is 2.32. The fourth-order valence-corrected chi connectivity index (χ4v) is 1.55. The molecule has 0 unspecified atom stereocenters. The van der Waals surface area contributed by atoms with E-state index in [0.717, 1.165) is 11.8 Å². The van der Waals surface area contributed by atoms with Crippen LogP contribution in [0.3, 0.4) is 0 Å². The predicted molar refractivity (Wildman–Crippen MR) is 54.8 cm³/mol. The molecule has 2 rings (SSSR count). The molecule has 2 aliphatic carbocycles. The third kappa shape index (κ3) is 4.32. The molecular formula is C10H20ClN. The molecule has 1 N–H and O–H groups in total. The van der Waals surface area contributed by atoms with Gasteiger partial charge in [0.25, 0.3) is 0 Å². The Morgan fingerprint density at radius 1 is 0.833 bits per heavy atom. The lowest BCUT2D eigenvalue weighted by Crippen LogP contribution is -2.17. The summed E-state index contributed by atoms with van der Waals surface area (Å²) in [5, 5.41) is 3.53. The highest BCUT2D eigenvalue weighted by Gasteiger charge is 2.21. The van der Waals surface area contributed by atoms with E-state index in [2.05, 4.69) is 5.32 Å². The first-order valence-electron chi connectivity index (χ1n) is 5.16. The number of hydrogen-bond acceptors (Lipinski definition) is 1. The van der Waals surface area contributed by atoms with Crippen LogP contribution in [0.5, 0.6) is 0 Å². The average Bonchev–Trinajstić information content (AvgIpc) is 2.83. The lowest BCUT2D eigenvalue weighted by molar-refractivity contribution is 0.575. The summed E-state index contributed by atoms with van der Waals surface area (Å²) >= 11 is 0. The molecular weight excluding hydrogens is 170 g/mol. The lowest BCUT2D eigenvalue weighted by Gasteiger charge is -2.01. The maximum atomic E-state index is 3.53. The van der Waals surface area contributed by atoms with Crippen molar-refractivity contribution >= 4 is 12.4 Å². The normalized spacial score (nSPS) is 22.0. The van der Waals surface area contributed by atoms with E-state index in [1.165, 1.54) is 51.6 Å². The second kappa shape index (κ2) is 5.08. The summed E-state index contributed by atoms with van der Waals surface area (Å²) in [6, 6.07) is 0. The van der Waals surface area contributed by atoms with E-state index in [1.54, 1.807) is 0 Å². The Labute approximate surface area is 81.7 Å². The number of rotatable bonds is 6. The quantitative estimate of drug-likeness (QED) is 0.634. The van der Waals surface area contributed by atoms with Gasteiger partial charge in [-0.3, -0.25) is 0 Å². The van der Waals surface area contributed by atoms with Gasteiger partial charge in [0.1, 0.15) is 0 Å². The Kier molecular flexibility index (Phi) is 4.38. The molecule has 2 fully saturated rings. The van der Waals surface area contributed by atoms with E-state index in [1.807, 2.05) is 0 Å². The predicted octanol–water partition coefficient (Wildman–Crippen LogP) is 2.60. The van der Waals surface area contributed by atoms with Crippen molar-refractivity contribution in [2.45, 2.75) is 38.5 Å². The molecule has 0 amide bonds. The van der Waals surface area contributed by atoms with Crippen LogP contribution in [0, 0.1) is 11.8 Å². The van der Waals surface area contributed by atoms with Crippen LogP contribution < -0.4 is 5.32 Å². The summed E-state index contributed by atoms with van der Waals surface area (Å²) in [6.07, 6.45) is 8.89. The van der Waals surface area contributed by atoms with Crippen molar-refractivity contribution in [2.24, 2.45) is 11.8 Å². The molecule has 2 saturated carbocycles. The molecule has 0 saturated heterocycles. The van der Waals surface area contributed by atoms with Crippen LogP contribution in [0.2, 0.25) is 0 Å². The van der Waals surface area contributed by atoms with Gasteiger partial charge in [0.05, 0.1) is 0 Å². The Hall–Kier alpha value is 0.250. The van der Waals surface area contributed by atoms with E-state index in [-0.39, 0.29) is 12.4 Å². The van der Waals surface area contributed by atoms with Gasteiger partial charge in [0.2, 0.25) is 0 Å². The summed E-state index contributed by atoms with van der Waals surface area (Å²) in [7, 11) is 0. The fraction of sp³-hybridized carbons (Fsp3) is 1.00. The zero-order valence-electron chi connectivity index (χ0n) is 7.72. The van der Waals surface area contributed by atoms with E-state index in [0.29, 0.717) is 0 Å². The molecule has 72 valence electrons. The maximum Gasteiger partial charge on any atom is -0.00463 e. The van der Waals surface area contributed by atoms with Gasteiger partial charge in [-0.2, -0.15) is 0 Å². The second-order valence-corrected chi connectivity index (χ2v) is 4.21. The number of halogens is 1. The standard InChI is InChI=1S/C10H19N.ClH/c1-2-9(1)5-7-11-8-6-10-3-4-10;/h9-11H,1-8H2;1H. The van der Waals surface area contributed by atoms with Crippen LogP contribution in [0.4, 0.5) is 0 Å². The molecule has 1 nitrogen and oxygen atoms in total. The van der Waals surface area contributed by atoms with Gasteiger partial charge in [0, 0.05) is 0 Å². The van der Waals surface area contributed by atoms with Gasteiger partial charge in [-0.25, -0.2) is 0 Å². The fourth-order valence-electron chi connectivity index (χ4n) is 1.55. The van der Waals surface area contributed by atoms with Crippen molar-refractivity contribution in [1.29, 1.82) is 0 Å². The van der Waals surface area contributed by atoms with Gasteiger partial charge in [-0.15, -0.1) is 12.4 Å². The van der Waals surface area contributed by atoms with Crippen molar-refractivity contribution in [3.8, 4) is 0 Å². The van der Waals surface area contributed by atoms with Crippen LogP contribution in [0.25, 0.3) is 0 Å². The summed E-state index contributed by atoms with van der Waals surface area (Å²) < 4.78 is 0. The van der Waals surface area contributed by atoms with Crippen LogP contribution >= 0.6 is 12.4 Å². The van der Waals surface area contributed by atoms with Crippen LogP contribution in [0.15, 0.2) is 0 Å². The molecule has 12 heavy (non-hydrogen) atoms. The van der Waals surface area contributed by atoms with Gasteiger partial charge < -0.3 is 5.32 Å². The molecule has 0 aliphatic heterocycles. The third-order valence-electron chi connectivity index (χ3n) is 2.85. The summed E-state index contributed by atoms with van der Waals surface area (Å²) in [4.78, 5) is 0. The average molecular weight is 190 g/mol. The minimum absolute atomic E-state index is 0. The van der Waals surface area contributed by atoms with Crippen molar-refractivity contribution in [3.05, 3.63) is 0 Å². The Morgan fingerprint density at radius 2 is 1.25 bits per heavy atom.